The van der Waals surface area contributed by atoms with Gasteiger partial charge in [-0.1, -0.05) is 0 Å². The molecule has 3 heteroatoms. The van der Waals surface area contributed by atoms with Gasteiger partial charge in [0.15, 0.2) is 0 Å². The predicted molar refractivity (Wildman–Crippen MR) is 28.9 cm³/mol. The van der Waals surface area contributed by atoms with E-state index in [0.29, 0.717) is 0 Å². The van der Waals surface area contributed by atoms with Crippen LogP contribution in [0.4, 0.5) is 0 Å². The van der Waals surface area contributed by atoms with Gasteiger partial charge in [-0.25, -0.2) is 0 Å². The van der Waals surface area contributed by atoms with Crippen LogP contribution in [0.25, 0.3) is 0 Å². The Kier molecular flexibility index (Phi) is 6.29. The summed E-state index contributed by atoms with van der Waals surface area (Å²) >= 11 is 3.84. The molecular weight excluding hydrogens is 291 g/mol. The Morgan fingerprint density at radius 3 is 2.60 bits per heavy atom. The van der Waals surface area contributed by atoms with E-state index in [1.165, 1.54) is 0 Å². The van der Waals surface area contributed by atoms with Crippen molar-refractivity contribution >= 4 is 38.9 Å². The van der Waals surface area contributed by atoms with Gasteiger partial charge in [-0.05, 0) is 0 Å². The molecule has 0 aliphatic carbocycles. The van der Waals surface area contributed by atoms with Crippen molar-refractivity contribution in [1.82, 2.24) is 0 Å². The molecule has 0 aromatic carbocycles. The van der Waals surface area contributed by atoms with Crippen LogP contribution in [0.1, 0.15) is 0 Å². The number of hydrogen-bond donors (Lipinski definition) is 0. The third-order valence-corrected chi connectivity index (χ3v) is 6.12. The fourth-order valence-electron chi connectivity index (χ4n) is 0.0304. The van der Waals surface area contributed by atoms with Gasteiger partial charge in [0, 0.05) is 0 Å². The summed E-state index contributed by atoms with van der Waals surface area (Å²) in [6, 6.07) is 0. The van der Waals surface area contributed by atoms with E-state index in [1.807, 2.05) is 0 Å². The summed E-state index contributed by atoms with van der Waals surface area (Å²) in [5, 5.41) is 0. The molecule has 0 aliphatic heterocycles. The van der Waals surface area contributed by atoms with E-state index in [2.05, 4.69) is 15.3 Å². The molecule has 0 nitrogen and oxygen atoms in total. The molecular formula is C2HPSTl+. The van der Waals surface area contributed by atoms with Gasteiger partial charge in [0.05, 0.1) is 0 Å². The molecule has 5 heavy (non-hydrogen) atoms. The van der Waals surface area contributed by atoms with Crippen LogP contribution in [0.5, 0.6) is 0 Å². The minimum absolute atomic E-state index is 0.731. The average Bonchev–Trinajstić information content (AvgIpc) is 1.41. The monoisotopic (exact) mass is 293 g/mol. The van der Waals surface area contributed by atoms with E-state index in [4.69, 9.17) is 6.42 Å². The fourth-order valence-corrected chi connectivity index (χ4v) is 2.40. The van der Waals surface area contributed by atoms with Crippen LogP contribution in [0.2, 0.25) is 0 Å². The molecule has 0 N–H and O–H groups in total. The quantitative estimate of drug-likeness (QED) is 0.358. The van der Waals surface area contributed by atoms with E-state index >= 15 is 0 Å². The molecule has 0 saturated heterocycles. The van der Waals surface area contributed by atoms with Gasteiger partial charge in [0.1, 0.15) is 0 Å². The third kappa shape index (κ3) is 5.13. The number of terminal acetylenes is 1. The van der Waals surface area contributed by atoms with Crippen molar-refractivity contribution in [2.75, 3.05) is 0 Å². The summed E-state index contributed by atoms with van der Waals surface area (Å²) in [4.78, 5) is 0. The molecule has 0 aromatic rings. The maximum absolute atomic E-state index is 4.91. The van der Waals surface area contributed by atoms with Gasteiger partial charge >= 0.3 is 48.8 Å². The molecule has 0 amide bonds. The zero-order valence-corrected chi connectivity index (χ0v) is 8.71. The first-order chi connectivity index (χ1) is 2.41. The summed E-state index contributed by atoms with van der Waals surface area (Å²) in [7, 11) is 0. The van der Waals surface area contributed by atoms with Crippen LogP contribution < -0.4 is 0 Å². The molecule has 0 bridgehead atoms. The fraction of sp³-hybridized carbons (Fsp3) is 0. The van der Waals surface area contributed by atoms with Crippen LogP contribution in [0.15, 0.2) is 0 Å². The van der Waals surface area contributed by atoms with Crippen LogP contribution >= 0.6 is 4.00 Å². The van der Waals surface area contributed by atoms with E-state index in [-0.39, 0.29) is 0 Å². The van der Waals surface area contributed by atoms with Crippen molar-refractivity contribution in [2.24, 2.45) is 0 Å². The first-order valence-corrected chi connectivity index (χ1v) is 11.3. The van der Waals surface area contributed by atoms with Gasteiger partial charge in [-0.3, -0.25) is 0 Å². The first-order valence-electron chi connectivity index (χ1n) is 1.02. The van der Waals surface area contributed by atoms with Gasteiger partial charge in [0.2, 0.25) is 0 Å². The minimum atomic E-state index is -0.731. The molecule has 0 radical (unpaired) electrons. The first kappa shape index (κ1) is 6.13. The Hall–Kier alpha value is 1.13. The SMILES string of the molecule is C#[C][Tl]=[P+]=S. The van der Waals surface area contributed by atoms with Crippen LogP contribution in [0, 0.1) is 9.90 Å². The Morgan fingerprint density at radius 1 is 2.00 bits per heavy atom. The summed E-state index contributed by atoms with van der Waals surface area (Å²) in [5.74, 6) is 0. The Bertz CT molecular complexity index is 96.7. The molecule has 0 saturated carbocycles. The second kappa shape index (κ2) is 5.13. The summed E-state index contributed by atoms with van der Waals surface area (Å²) in [6.07, 6.45) is 4.91. The average molecular weight is 292 g/mol. The number of hydrogen-bond acceptors (Lipinski definition) is 1. The van der Waals surface area contributed by atoms with Gasteiger partial charge < -0.3 is 0 Å². The molecule has 0 fully saturated rings. The zero-order chi connectivity index (χ0) is 4.12. The molecule has 0 atom stereocenters. The van der Waals surface area contributed by atoms with Crippen LogP contribution in [-0.4, -0.2) is 23.1 Å². The van der Waals surface area contributed by atoms with Crippen molar-refractivity contribution in [2.45, 2.75) is 0 Å². The molecule has 0 heterocycles. The number of rotatable bonds is 0. The van der Waals surface area contributed by atoms with E-state index in [0.717, 1.165) is 4.00 Å². The molecule has 0 spiro atoms. The Balaban J connectivity index is 3.46. The molecule has 0 rings (SSSR count). The van der Waals surface area contributed by atoms with Gasteiger partial charge in [-0.15, -0.1) is 0 Å². The van der Waals surface area contributed by atoms with Gasteiger partial charge in [0.25, 0.3) is 0 Å². The van der Waals surface area contributed by atoms with Crippen molar-refractivity contribution in [3.63, 3.8) is 0 Å². The topological polar surface area (TPSA) is 0 Å². The second-order valence-corrected chi connectivity index (χ2v) is 13.2. The summed E-state index contributed by atoms with van der Waals surface area (Å²) < 4.78 is 3.69. The van der Waals surface area contributed by atoms with Crippen LogP contribution in [-0.2, 0) is 11.8 Å². The molecule has 0 aromatic heterocycles. The van der Waals surface area contributed by atoms with E-state index in [9.17, 15) is 0 Å². The van der Waals surface area contributed by atoms with Crippen LogP contribution in [0.3, 0.4) is 0 Å². The zero-order valence-electron chi connectivity index (χ0n) is 2.51. The summed E-state index contributed by atoms with van der Waals surface area (Å²) in [6.45, 7) is 0. The predicted octanol–water partition coefficient (Wildman–Crippen LogP) is 0.604. The van der Waals surface area contributed by atoms with Crippen molar-refractivity contribution in [3.8, 4) is 9.90 Å². The normalized spacial score (nSPS) is 3.80. The second-order valence-electron chi connectivity index (χ2n) is 0.401. The van der Waals surface area contributed by atoms with Gasteiger partial charge in [-0.2, -0.15) is 0 Å². The maximum atomic E-state index is 4.91. The standard InChI is InChI=1S/C2H.PS.Tl/c2*1-2;/h1H;;/q;-1;+2. The van der Waals surface area contributed by atoms with Crippen molar-refractivity contribution in [3.05, 3.63) is 0 Å². The van der Waals surface area contributed by atoms with Crippen molar-refractivity contribution in [1.29, 1.82) is 0 Å². The van der Waals surface area contributed by atoms with Crippen molar-refractivity contribution < 1.29 is 0 Å². The summed E-state index contributed by atoms with van der Waals surface area (Å²) in [5.41, 5.74) is 0. The van der Waals surface area contributed by atoms with E-state index in [1.54, 1.807) is 0 Å². The third-order valence-electron chi connectivity index (χ3n) is 0.127. The van der Waals surface area contributed by atoms with E-state index < -0.39 is 23.1 Å². The molecule has 0 aliphatic rings. The Morgan fingerprint density at radius 2 is 2.60 bits per heavy atom. The molecule has 22 valence electrons. The molecule has 0 unspecified atom stereocenters. The Labute approximate surface area is 48.6 Å².